The van der Waals surface area contributed by atoms with Gasteiger partial charge in [0.2, 0.25) is 0 Å². The Bertz CT molecular complexity index is 472. The first-order chi connectivity index (χ1) is 8.49. The summed E-state index contributed by atoms with van der Waals surface area (Å²) in [5.74, 6) is 0.187. The highest BCUT2D eigenvalue weighted by molar-refractivity contribution is 14.1. The molecule has 1 heterocycles. The first kappa shape index (κ1) is 14.1. The van der Waals surface area contributed by atoms with E-state index in [0.717, 1.165) is 25.9 Å². The van der Waals surface area contributed by atoms with Crippen LogP contribution in [0.1, 0.15) is 30.1 Å². The van der Waals surface area contributed by atoms with Gasteiger partial charge in [-0.25, -0.2) is 4.39 Å². The smallest absolute Gasteiger partial charge is 0.255 e. The van der Waals surface area contributed by atoms with Crippen LogP contribution in [-0.4, -0.2) is 23.9 Å². The Morgan fingerprint density at radius 1 is 1.44 bits per heavy atom. The van der Waals surface area contributed by atoms with Gasteiger partial charge in [-0.2, -0.15) is 0 Å². The number of hydrogen-bond acceptors (Lipinski definition) is 1. The number of carbonyl (C=O) groups is 1. The van der Waals surface area contributed by atoms with Gasteiger partial charge < -0.3 is 4.90 Å². The van der Waals surface area contributed by atoms with Crippen molar-refractivity contribution in [3.8, 4) is 0 Å². The lowest BCUT2D eigenvalue weighted by atomic mass is 9.98. The topological polar surface area (TPSA) is 20.3 Å². The summed E-state index contributed by atoms with van der Waals surface area (Å²) in [7, 11) is 0. The molecule has 1 aliphatic rings. The van der Waals surface area contributed by atoms with Gasteiger partial charge in [0, 0.05) is 16.7 Å². The third-order valence-corrected chi connectivity index (χ3v) is 4.45. The molecule has 98 valence electrons. The van der Waals surface area contributed by atoms with Crippen LogP contribution in [0.25, 0.3) is 0 Å². The fourth-order valence-corrected chi connectivity index (χ4v) is 2.77. The summed E-state index contributed by atoms with van der Waals surface area (Å²) in [5.41, 5.74) is 0.400. The Kier molecular flexibility index (Phi) is 4.48. The molecular formula is C13H14ClFINO. The van der Waals surface area contributed by atoms with Gasteiger partial charge in [-0.15, -0.1) is 0 Å². The average Bonchev–Trinajstić information content (AvgIpc) is 2.34. The van der Waals surface area contributed by atoms with Crippen LogP contribution >= 0.6 is 34.2 Å². The van der Waals surface area contributed by atoms with Crippen LogP contribution in [0.3, 0.4) is 0 Å². The van der Waals surface area contributed by atoms with E-state index in [1.165, 1.54) is 12.1 Å². The molecule has 1 aromatic carbocycles. The average molecular weight is 382 g/mol. The Balaban J connectivity index is 2.21. The Morgan fingerprint density at radius 3 is 2.67 bits per heavy atom. The maximum Gasteiger partial charge on any atom is 0.255 e. The maximum atomic E-state index is 13.3. The zero-order valence-electron chi connectivity index (χ0n) is 10.0. The van der Waals surface area contributed by atoms with Gasteiger partial charge in [-0.1, -0.05) is 18.5 Å². The normalized spacial score (nSPS) is 17.0. The molecule has 5 heteroatoms. The Hall–Kier alpha value is -0.360. The molecule has 1 saturated heterocycles. The number of nitrogens with zero attached hydrogens (tertiary/aromatic N) is 1. The van der Waals surface area contributed by atoms with Crippen molar-refractivity contribution in [1.29, 1.82) is 0 Å². The largest absolute Gasteiger partial charge is 0.339 e. The van der Waals surface area contributed by atoms with E-state index in [9.17, 15) is 9.18 Å². The van der Waals surface area contributed by atoms with Gasteiger partial charge in [-0.05, 0) is 53.5 Å². The summed E-state index contributed by atoms with van der Waals surface area (Å²) in [5, 5.41) is 0.191. The van der Waals surface area contributed by atoms with E-state index in [1.807, 2.05) is 22.6 Å². The molecule has 0 aliphatic carbocycles. The number of amides is 1. The molecule has 0 N–H and O–H groups in total. The van der Waals surface area contributed by atoms with Crippen molar-refractivity contribution in [2.45, 2.75) is 19.8 Å². The number of halogens is 3. The zero-order chi connectivity index (χ0) is 13.3. The molecule has 1 fully saturated rings. The molecule has 0 spiro atoms. The van der Waals surface area contributed by atoms with Crippen LogP contribution in [0.4, 0.5) is 4.39 Å². The van der Waals surface area contributed by atoms with Gasteiger partial charge in [-0.3, -0.25) is 4.79 Å². The van der Waals surface area contributed by atoms with Crippen LogP contribution in [0.2, 0.25) is 5.02 Å². The quantitative estimate of drug-likeness (QED) is 0.533. The van der Waals surface area contributed by atoms with E-state index in [-0.39, 0.29) is 16.7 Å². The lowest BCUT2D eigenvalue weighted by Crippen LogP contribution is -2.38. The van der Waals surface area contributed by atoms with Crippen molar-refractivity contribution in [3.63, 3.8) is 0 Å². The number of benzene rings is 1. The highest BCUT2D eigenvalue weighted by Gasteiger charge is 2.23. The first-order valence-electron chi connectivity index (χ1n) is 5.93. The third kappa shape index (κ3) is 2.96. The lowest BCUT2D eigenvalue weighted by molar-refractivity contribution is 0.0697. The molecule has 18 heavy (non-hydrogen) atoms. The molecule has 2 rings (SSSR count). The van der Waals surface area contributed by atoms with Gasteiger partial charge in [0.25, 0.3) is 5.91 Å². The van der Waals surface area contributed by atoms with Crippen molar-refractivity contribution in [1.82, 2.24) is 4.90 Å². The van der Waals surface area contributed by atoms with Crippen LogP contribution in [-0.2, 0) is 0 Å². The number of piperidine rings is 1. The molecule has 1 amide bonds. The monoisotopic (exact) mass is 381 g/mol. The number of likely N-dealkylation sites (tertiary alicyclic amines) is 1. The van der Waals surface area contributed by atoms with Gasteiger partial charge in [0.1, 0.15) is 5.82 Å². The van der Waals surface area contributed by atoms with Crippen molar-refractivity contribution in [2.75, 3.05) is 13.1 Å². The third-order valence-electron chi connectivity index (χ3n) is 3.31. The second-order valence-corrected chi connectivity index (χ2v) is 6.29. The standard InChI is InChI=1S/C13H14ClFINO/c1-8-2-4-17(5-3-8)13(18)9-6-12(16)11(15)7-10(9)14/h6-8H,2-5H2,1H3. The van der Waals surface area contributed by atoms with Crippen molar-refractivity contribution < 1.29 is 9.18 Å². The van der Waals surface area contributed by atoms with Crippen LogP contribution < -0.4 is 0 Å². The number of rotatable bonds is 1. The van der Waals surface area contributed by atoms with Gasteiger partial charge in [0.15, 0.2) is 0 Å². The second kappa shape index (κ2) is 5.74. The van der Waals surface area contributed by atoms with E-state index < -0.39 is 0 Å². The van der Waals surface area contributed by atoms with E-state index in [0.29, 0.717) is 15.1 Å². The second-order valence-electron chi connectivity index (χ2n) is 4.72. The fraction of sp³-hybridized carbons (Fsp3) is 0.462. The first-order valence-corrected chi connectivity index (χ1v) is 7.38. The molecule has 0 unspecified atom stereocenters. The zero-order valence-corrected chi connectivity index (χ0v) is 13.0. The molecule has 0 saturated carbocycles. The van der Waals surface area contributed by atoms with Crippen LogP contribution in [0.5, 0.6) is 0 Å². The van der Waals surface area contributed by atoms with Gasteiger partial charge >= 0.3 is 0 Å². The summed E-state index contributed by atoms with van der Waals surface area (Å²) in [6.07, 6.45) is 2.03. The van der Waals surface area contributed by atoms with Gasteiger partial charge in [0.05, 0.1) is 10.6 Å². The van der Waals surface area contributed by atoms with E-state index in [1.54, 1.807) is 4.90 Å². The molecule has 0 atom stereocenters. The molecule has 2 nitrogen and oxygen atoms in total. The SMILES string of the molecule is CC1CCN(C(=O)c2cc(I)c(F)cc2Cl)CC1. The minimum Gasteiger partial charge on any atom is -0.339 e. The predicted octanol–water partition coefficient (Wildman–Crippen LogP) is 3.96. The van der Waals surface area contributed by atoms with Crippen LogP contribution in [0.15, 0.2) is 12.1 Å². The number of carbonyl (C=O) groups excluding carboxylic acids is 1. The summed E-state index contributed by atoms with van der Waals surface area (Å²) in [4.78, 5) is 14.1. The summed E-state index contributed by atoms with van der Waals surface area (Å²) in [6, 6.07) is 2.74. The molecule has 1 aliphatic heterocycles. The highest BCUT2D eigenvalue weighted by atomic mass is 127. The predicted molar refractivity (Wildman–Crippen MR) is 78.4 cm³/mol. The molecule has 0 bridgehead atoms. The molecule has 0 aromatic heterocycles. The van der Waals surface area contributed by atoms with Crippen molar-refractivity contribution in [2.24, 2.45) is 5.92 Å². The van der Waals surface area contributed by atoms with Crippen molar-refractivity contribution >= 4 is 40.1 Å². The minimum absolute atomic E-state index is 0.0928. The number of hydrogen-bond donors (Lipinski definition) is 0. The van der Waals surface area contributed by atoms with E-state index in [4.69, 9.17) is 11.6 Å². The molecular weight excluding hydrogens is 368 g/mol. The summed E-state index contributed by atoms with van der Waals surface area (Å²) >= 11 is 7.82. The summed E-state index contributed by atoms with van der Waals surface area (Å²) in [6.45, 7) is 3.70. The summed E-state index contributed by atoms with van der Waals surface area (Å²) < 4.78 is 13.7. The van der Waals surface area contributed by atoms with E-state index in [2.05, 4.69) is 6.92 Å². The Labute approximate surface area is 125 Å². The molecule has 0 radical (unpaired) electrons. The lowest BCUT2D eigenvalue weighted by Gasteiger charge is -2.30. The maximum absolute atomic E-state index is 13.3. The highest BCUT2D eigenvalue weighted by Crippen LogP contribution is 2.25. The van der Waals surface area contributed by atoms with Crippen molar-refractivity contribution in [3.05, 3.63) is 32.1 Å². The van der Waals surface area contributed by atoms with E-state index >= 15 is 0 Å². The fourth-order valence-electron chi connectivity index (χ4n) is 2.07. The Morgan fingerprint density at radius 2 is 2.06 bits per heavy atom. The van der Waals surface area contributed by atoms with Crippen LogP contribution in [0, 0.1) is 15.3 Å². The minimum atomic E-state index is -0.385. The molecule has 1 aromatic rings.